The highest BCUT2D eigenvalue weighted by atomic mass is 32.2. The number of benzene rings is 2. The zero-order valence-electron chi connectivity index (χ0n) is 16.0. The average Bonchev–Trinajstić information content (AvgIpc) is 3.16. The highest BCUT2D eigenvalue weighted by Gasteiger charge is 2.16. The summed E-state index contributed by atoms with van der Waals surface area (Å²) in [6.07, 6.45) is 4.04. The zero-order chi connectivity index (χ0) is 19.5. The number of rotatable bonds is 7. The van der Waals surface area contributed by atoms with Crippen LogP contribution < -0.4 is 5.56 Å². The standard InChI is InChI=1S/C21H22N4OS2/c1-3-4-13-24-19(26)17-7-5-6-8-18(17)25-20(24)22-23-21(25)28-14-15-9-11-16(27-2)12-10-15/h5-12H,3-4,13-14H2,1-2H3. The fourth-order valence-electron chi connectivity index (χ4n) is 3.21. The van der Waals surface area contributed by atoms with Crippen LogP contribution in [-0.4, -0.2) is 25.4 Å². The summed E-state index contributed by atoms with van der Waals surface area (Å²) in [4.78, 5) is 14.2. The van der Waals surface area contributed by atoms with Gasteiger partial charge in [0.15, 0.2) is 5.16 Å². The van der Waals surface area contributed by atoms with Crippen molar-refractivity contribution in [1.82, 2.24) is 19.2 Å². The molecule has 0 spiro atoms. The Morgan fingerprint density at radius 3 is 2.57 bits per heavy atom. The van der Waals surface area contributed by atoms with Gasteiger partial charge in [0.1, 0.15) is 0 Å². The van der Waals surface area contributed by atoms with Crippen molar-refractivity contribution in [2.45, 2.75) is 42.1 Å². The first-order valence-electron chi connectivity index (χ1n) is 9.35. The molecule has 144 valence electrons. The number of thioether (sulfide) groups is 2. The van der Waals surface area contributed by atoms with Gasteiger partial charge in [-0.05, 0) is 42.5 Å². The van der Waals surface area contributed by atoms with E-state index in [2.05, 4.69) is 47.6 Å². The van der Waals surface area contributed by atoms with Crippen LogP contribution in [0.25, 0.3) is 16.7 Å². The van der Waals surface area contributed by atoms with E-state index in [0.717, 1.165) is 29.3 Å². The number of hydrogen-bond donors (Lipinski definition) is 0. The maximum atomic E-state index is 13.0. The molecule has 0 aliphatic heterocycles. The van der Waals surface area contributed by atoms with Gasteiger partial charge < -0.3 is 0 Å². The lowest BCUT2D eigenvalue weighted by Gasteiger charge is -2.10. The highest BCUT2D eigenvalue weighted by molar-refractivity contribution is 7.98. The Bertz CT molecular complexity index is 1160. The van der Waals surface area contributed by atoms with Crippen LogP contribution in [-0.2, 0) is 12.3 Å². The van der Waals surface area contributed by atoms with Gasteiger partial charge in [-0.25, -0.2) is 0 Å². The Morgan fingerprint density at radius 1 is 1.04 bits per heavy atom. The second-order valence-corrected chi connectivity index (χ2v) is 8.40. The van der Waals surface area contributed by atoms with Crippen LogP contribution in [0.3, 0.4) is 0 Å². The first kappa shape index (κ1) is 19.1. The monoisotopic (exact) mass is 410 g/mol. The maximum Gasteiger partial charge on any atom is 0.262 e. The molecule has 0 saturated carbocycles. The lowest BCUT2D eigenvalue weighted by Crippen LogP contribution is -2.23. The van der Waals surface area contributed by atoms with Gasteiger partial charge in [-0.1, -0.05) is 49.4 Å². The molecule has 0 saturated heterocycles. The summed E-state index contributed by atoms with van der Waals surface area (Å²) in [6, 6.07) is 16.3. The van der Waals surface area contributed by atoms with E-state index in [1.165, 1.54) is 10.5 Å². The highest BCUT2D eigenvalue weighted by Crippen LogP contribution is 2.25. The Balaban J connectivity index is 1.76. The number of nitrogens with zero attached hydrogens (tertiary/aromatic N) is 4. The van der Waals surface area contributed by atoms with Crippen LogP contribution in [0.15, 0.2) is 63.4 Å². The van der Waals surface area contributed by atoms with Crippen molar-refractivity contribution < 1.29 is 0 Å². The largest absolute Gasteiger partial charge is 0.276 e. The van der Waals surface area contributed by atoms with Gasteiger partial charge in [0.25, 0.3) is 5.56 Å². The molecule has 0 bridgehead atoms. The number of para-hydroxylation sites is 1. The quantitative estimate of drug-likeness (QED) is 0.407. The Kier molecular flexibility index (Phi) is 5.73. The van der Waals surface area contributed by atoms with Crippen molar-refractivity contribution >= 4 is 40.2 Å². The summed E-state index contributed by atoms with van der Waals surface area (Å²) in [5, 5.41) is 10.3. The third-order valence-corrected chi connectivity index (χ3v) is 6.48. The topological polar surface area (TPSA) is 52.2 Å². The molecule has 5 nitrogen and oxygen atoms in total. The zero-order valence-corrected chi connectivity index (χ0v) is 17.6. The molecule has 7 heteroatoms. The smallest absolute Gasteiger partial charge is 0.262 e. The van der Waals surface area contributed by atoms with Crippen molar-refractivity contribution in [3.63, 3.8) is 0 Å². The molecule has 0 fully saturated rings. The number of aromatic nitrogens is 4. The molecular weight excluding hydrogens is 388 g/mol. The Morgan fingerprint density at radius 2 is 1.82 bits per heavy atom. The predicted molar refractivity (Wildman–Crippen MR) is 117 cm³/mol. The van der Waals surface area contributed by atoms with Gasteiger partial charge in [0, 0.05) is 17.2 Å². The molecule has 4 aromatic rings. The number of unbranched alkanes of at least 4 members (excludes halogenated alkanes) is 1. The first-order valence-corrected chi connectivity index (χ1v) is 11.6. The van der Waals surface area contributed by atoms with Crippen molar-refractivity contribution in [2.75, 3.05) is 6.26 Å². The molecule has 0 radical (unpaired) electrons. The lowest BCUT2D eigenvalue weighted by molar-refractivity contribution is 0.620. The van der Waals surface area contributed by atoms with E-state index in [1.807, 2.05) is 28.7 Å². The van der Waals surface area contributed by atoms with E-state index >= 15 is 0 Å². The molecule has 2 heterocycles. The third-order valence-electron chi connectivity index (χ3n) is 4.74. The van der Waals surface area contributed by atoms with Gasteiger partial charge in [0.05, 0.1) is 10.9 Å². The van der Waals surface area contributed by atoms with E-state index in [-0.39, 0.29) is 5.56 Å². The predicted octanol–water partition coefficient (Wildman–Crippen LogP) is 4.86. The normalized spacial score (nSPS) is 11.5. The maximum absolute atomic E-state index is 13.0. The number of aryl methyl sites for hydroxylation is 1. The van der Waals surface area contributed by atoms with Gasteiger partial charge >= 0.3 is 0 Å². The SMILES string of the molecule is CCCCn1c(=O)c2ccccc2n2c(SCc3ccc(SC)cc3)nnc12. The molecule has 0 atom stereocenters. The van der Waals surface area contributed by atoms with Crippen LogP contribution in [0, 0.1) is 0 Å². The van der Waals surface area contributed by atoms with Gasteiger partial charge in [0.2, 0.25) is 5.78 Å². The number of hydrogen-bond acceptors (Lipinski definition) is 5. The Labute approximate surface area is 172 Å². The molecule has 0 N–H and O–H groups in total. The van der Waals surface area contributed by atoms with Crippen LogP contribution in [0.2, 0.25) is 0 Å². The molecule has 2 aromatic carbocycles. The van der Waals surface area contributed by atoms with Gasteiger partial charge in [-0.15, -0.1) is 22.0 Å². The minimum absolute atomic E-state index is 0.00755. The summed E-state index contributed by atoms with van der Waals surface area (Å²) in [5.41, 5.74) is 2.11. The lowest BCUT2D eigenvalue weighted by atomic mass is 10.2. The van der Waals surface area contributed by atoms with Crippen LogP contribution in [0.4, 0.5) is 0 Å². The molecule has 28 heavy (non-hydrogen) atoms. The summed E-state index contributed by atoms with van der Waals surface area (Å²) in [5.74, 6) is 1.43. The Hall–Kier alpha value is -2.25. The second kappa shape index (κ2) is 8.41. The summed E-state index contributed by atoms with van der Waals surface area (Å²) < 4.78 is 3.78. The van der Waals surface area contributed by atoms with E-state index in [0.29, 0.717) is 17.7 Å². The minimum Gasteiger partial charge on any atom is -0.276 e. The minimum atomic E-state index is 0.00755. The summed E-state index contributed by atoms with van der Waals surface area (Å²) in [7, 11) is 0. The fraction of sp³-hybridized carbons (Fsp3) is 0.286. The second-order valence-electron chi connectivity index (χ2n) is 6.58. The third kappa shape index (κ3) is 3.56. The summed E-state index contributed by atoms with van der Waals surface area (Å²) >= 11 is 3.38. The molecule has 0 aliphatic carbocycles. The van der Waals surface area contributed by atoms with E-state index in [9.17, 15) is 4.79 Å². The molecule has 2 aromatic heterocycles. The molecular formula is C21H22N4OS2. The van der Waals surface area contributed by atoms with E-state index in [4.69, 9.17) is 0 Å². The molecule has 0 aliphatic rings. The van der Waals surface area contributed by atoms with Crippen molar-refractivity contribution in [3.05, 3.63) is 64.4 Å². The number of fused-ring (bicyclic) bond motifs is 3. The summed E-state index contributed by atoms with van der Waals surface area (Å²) in [6.45, 7) is 2.78. The van der Waals surface area contributed by atoms with Crippen LogP contribution in [0.1, 0.15) is 25.3 Å². The van der Waals surface area contributed by atoms with Crippen molar-refractivity contribution in [1.29, 1.82) is 0 Å². The molecule has 4 rings (SSSR count). The van der Waals surface area contributed by atoms with Crippen molar-refractivity contribution in [3.8, 4) is 0 Å². The molecule has 0 amide bonds. The van der Waals surface area contributed by atoms with Crippen molar-refractivity contribution in [2.24, 2.45) is 0 Å². The van der Waals surface area contributed by atoms with Gasteiger partial charge in [-0.2, -0.15) is 0 Å². The van der Waals surface area contributed by atoms with E-state index in [1.54, 1.807) is 28.1 Å². The van der Waals surface area contributed by atoms with Gasteiger partial charge in [-0.3, -0.25) is 13.8 Å². The molecule has 0 unspecified atom stereocenters. The first-order chi connectivity index (χ1) is 13.7. The van der Waals surface area contributed by atoms with Crippen LogP contribution >= 0.6 is 23.5 Å². The fourth-order valence-corrected chi connectivity index (χ4v) is 4.52. The van der Waals surface area contributed by atoms with E-state index < -0.39 is 0 Å². The van der Waals surface area contributed by atoms with Crippen LogP contribution in [0.5, 0.6) is 0 Å². The average molecular weight is 411 g/mol.